The van der Waals surface area contributed by atoms with Crippen LogP contribution >= 0.6 is 0 Å². The Morgan fingerprint density at radius 3 is 2.65 bits per heavy atom. The molecule has 2 atom stereocenters. The standard InChI is InChI=1S/C18H29NO/c1-5-19-17-8-6-7-9-18(17)20-15-10-11-16(13(2)3)14(4)12-15/h10-13,17-19H,5-9H2,1-4H3. The first-order valence-electron chi connectivity index (χ1n) is 8.12. The summed E-state index contributed by atoms with van der Waals surface area (Å²) >= 11 is 0. The van der Waals surface area contributed by atoms with Gasteiger partial charge in [-0.25, -0.2) is 0 Å². The zero-order chi connectivity index (χ0) is 14.5. The van der Waals surface area contributed by atoms with Crippen LogP contribution in [0, 0.1) is 6.92 Å². The molecule has 0 aromatic heterocycles. The van der Waals surface area contributed by atoms with Crippen molar-refractivity contribution in [2.75, 3.05) is 6.54 Å². The summed E-state index contributed by atoms with van der Waals surface area (Å²) in [5, 5.41) is 3.57. The van der Waals surface area contributed by atoms with Gasteiger partial charge in [0, 0.05) is 6.04 Å². The fourth-order valence-electron chi connectivity index (χ4n) is 3.28. The Hall–Kier alpha value is -1.02. The van der Waals surface area contributed by atoms with Crippen molar-refractivity contribution < 1.29 is 4.74 Å². The van der Waals surface area contributed by atoms with Crippen molar-refractivity contribution >= 4 is 0 Å². The van der Waals surface area contributed by atoms with E-state index in [2.05, 4.69) is 51.2 Å². The number of hydrogen-bond donors (Lipinski definition) is 1. The number of rotatable bonds is 5. The number of ether oxygens (including phenoxy) is 1. The average molecular weight is 275 g/mol. The summed E-state index contributed by atoms with van der Waals surface area (Å²) in [6.45, 7) is 9.87. The Morgan fingerprint density at radius 2 is 2.00 bits per heavy atom. The molecule has 2 unspecified atom stereocenters. The maximum atomic E-state index is 6.27. The Labute approximate surface area is 123 Å². The van der Waals surface area contributed by atoms with Gasteiger partial charge in [-0.3, -0.25) is 0 Å². The van der Waals surface area contributed by atoms with Gasteiger partial charge in [-0.2, -0.15) is 0 Å². The van der Waals surface area contributed by atoms with Crippen LogP contribution in [0.2, 0.25) is 0 Å². The van der Waals surface area contributed by atoms with Crippen LogP contribution in [0.15, 0.2) is 18.2 Å². The highest BCUT2D eigenvalue weighted by atomic mass is 16.5. The molecule has 0 spiro atoms. The minimum atomic E-state index is 0.327. The minimum absolute atomic E-state index is 0.327. The van der Waals surface area contributed by atoms with Crippen LogP contribution in [0.1, 0.15) is 63.5 Å². The maximum Gasteiger partial charge on any atom is 0.120 e. The fourth-order valence-corrected chi connectivity index (χ4v) is 3.28. The monoisotopic (exact) mass is 275 g/mol. The van der Waals surface area contributed by atoms with E-state index in [0.717, 1.165) is 12.3 Å². The second-order valence-corrected chi connectivity index (χ2v) is 6.28. The van der Waals surface area contributed by atoms with E-state index in [0.29, 0.717) is 18.1 Å². The molecule has 0 radical (unpaired) electrons. The Bertz CT molecular complexity index is 425. The first kappa shape index (κ1) is 15.4. The molecule has 112 valence electrons. The van der Waals surface area contributed by atoms with Gasteiger partial charge in [0.2, 0.25) is 0 Å². The topological polar surface area (TPSA) is 21.3 Å². The van der Waals surface area contributed by atoms with E-state index in [1.54, 1.807) is 0 Å². The zero-order valence-corrected chi connectivity index (χ0v) is 13.4. The summed E-state index contributed by atoms with van der Waals surface area (Å²) in [4.78, 5) is 0. The Balaban J connectivity index is 2.06. The number of aryl methyl sites for hydroxylation is 1. The molecule has 2 nitrogen and oxygen atoms in total. The molecule has 1 aliphatic carbocycles. The maximum absolute atomic E-state index is 6.27. The van der Waals surface area contributed by atoms with Crippen molar-refractivity contribution in [2.45, 2.75) is 71.4 Å². The summed E-state index contributed by atoms with van der Waals surface area (Å²) in [6.07, 6.45) is 5.34. The summed E-state index contributed by atoms with van der Waals surface area (Å²) < 4.78 is 6.27. The third-order valence-electron chi connectivity index (χ3n) is 4.32. The molecular weight excluding hydrogens is 246 g/mol. The molecule has 1 N–H and O–H groups in total. The van der Waals surface area contributed by atoms with Crippen LogP contribution < -0.4 is 10.1 Å². The van der Waals surface area contributed by atoms with E-state index in [4.69, 9.17) is 4.74 Å². The third kappa shape index (κ3) is 3.76. The van der Waals surface area contributed by atoms with Gasteiger partial charge in [-0.15, -0.1) is 0 Å². The van der Waals surface area contributed by atoms with Gasteiger partial charge in [0.05, 0.1) is 0 Å². The van der Waals surface area contributed by atoms with E-state index in [1.807, 2.05) is 0 Å². The average Bonchev–Trinajstić information content (AvgIpc) is 2.41. The minimum Gasteiger partial charge on any atom is -0.489 e. The lowest BCUT2D eigenvalue weighted by molar-refractivity contribution is 0.115. The molecular formula is C18H29NO. The lowest BCUT2D eigenvalue weighted by Crippen LogP contribution is -2.45. The predicted molar refractivity (Wildman–Crippen MR) is 85.6 cm³/mol. The number of hydrogen-bond acceptors (Lipinski definition) is 2. The highest BCUT2D eigenvalue weighted by Crippen LogP contribution is 2.27. The van der Waals surface area contributed by atoms with Crippen molar-refractivity contribution in [3.05, 3.63) is 29.3 Å². The molecule has 1 aromatic carbocycles. The van der Waals surface area contributed by atoms with Crippen LogP contribution in [-0.4, -0.2) is 18.7 Å². The summed E-state index contributed by atoms with van der Waals surface area (Å²) in [5.74, 6) is 1.61. The largest absolute Gasteiger partial charge is 0.489 e. The molecule has 2 rings (SSSR count). The number of likely N-dealkylation sites (N-methyl/N-ethyl adjacent to an activating group) is 1. The van der Waals surface area contributed by atoms with Gasteiger partial charge in [-0.1, -0.05) is 33.3 Å². The fraction of sp³-hybridized carbons (Fsp3) is 0.667. The van der Waals surface area contributed by atoms with Gasteiger partial charge < -0.3 is 10.1 Å². The lowest BCUT2D eigenvalue weighted by Gasteiger charge is -2.32. The van der Waals surface area contributed by atoms with Gasteiger partial charge in [0.1, 0.15) is 11.9 Å². The van der Waals surface area contributed by atoms with Crippen molar-refractivity contribution in [3.63, 3.8) is 0 Å². The van der Waals surface area contributed by atoms with Crippen LogP contribution in [0.3, 0.4) is 0 Å². The van der Waals surface area contributed by atoms with E-state index >= 15 is 0 Å². The van der Waals surface area contributed by atoms with Crippen LogP contribution in [0.25, 0.3) is 0 Å². The second kappa shape index (κ2) is 7.12. The summed E-state index contributed by atoms with van der Waals surface area (Å²) in [5.41, 5.74) is 2.76. The van der Waals surface area contributed by atoms with E-state index in [-0.39, 0.29) is 0 Å². The molecule has 20 heavy (non-hydrogen) atoms. The zero-order valence-electron chi connectivity index (χ0n) is 13.4. The first-order chi connectivity index (χ1) is 9.61. The van der Waals surface area contributed by atoms with Gasteiger partial charge in [0.25, 0.3) is 0 Å². The predicted octanol–water partition coefficient (Wildman–Crippen LogP) is 4.42. The smallest absolute Gasteiger partial charge is 0.120 e. The molecule has 0 aliphatic heterocycles. The highest BCUT2D eigenvalue weighted by molar-refractivity contribution is 5.36. The number of benzene rings is 1. The van der Waals surface area contributed by atoms with Gasteiger partial charge in [0.15, 0.2) is 0 Å². The van der Waals surface area contributed by atoms with Crippen molar-refractivity contribution in [1.82, 2.24) is 5.32 Å². The van der Waals surface area contributed by atoms with Crippen molar-refractivity contribution in [3.8, 4) is 5.75 Å². The molecule has 1 saturated carbocycles. The quantitative estimate of drug-likeness (QED) is 0.859. The molecule has 1 fully saturated rings. The summed E-state index contributed by atoms with van der Waals surface area (Å²) in [7, 11) is 0. The molecule has 1 aliphatic rings. The molecule has 1 aromatic rings. The second-order valence-electron chi connectivity index (χ2n) is 6.28. The molecule has 0 bridgehead atoms. The molecule has 0 heterocycles. The van der Waals surface area contributed by atoms with Crippen LogP contribution in [0.5, 0.6) is 5.75 Å². The van der Waals surface area contributed by atoms with Crippen molar-refractivity contribution in [2.24, 2.45) is 0 Å². The highest BCUT2D eigenvalue weighted by Gasteiger charge is 2.26. The summed E-state index contributed by atoms with van der Waals surface area (Å²) in [6, 6.07) is 7.08. The van der Waals surface area contributed by atoms with E-state index < -0.39 is 0 Å². The normalized spacial score (nSPS) is 23.1. The van der Waals surface area contributed by atoms with Crippen LogP contribution in [0.4, 0.5) is 0 Å². The lowest BCUT2D eigenvalue weighted by atomic mass is 9.92. The Morgan fingerprint density at radius 1 is 1.25 bits per heavy atom. The molecule has 2 heteroatoms. The van der Waals surface area contributed by atoms with Gasteiger partial charge >= 0.3 is 0 Å². The Kier molecular flexibility index (Phi) is 5.47. The number of nitrogens with one attached hydrogen (secondary N) is 1. The molecule has 0 amide bonds. The van der Waals surface area contributed by atoms with Crippen LogP contribution in [-0.2, 0) is 0 Å². The third-order valence-corrected chi connectivity index (χ3v) is 4.32. The molecule has 0 saturated heterocycles. The van der Waals surface area contributed by atoms with Crippen molar-refractivity contribution in [1.29, 1.82) is 0 Å². The SMILES string of the molecule is CCNC1CCCCC1Oc1ccc(C(C)C)c(C)c1. The first-order valence-corrected chi connectivity index (χ1v) is 8.12. The van der Waals surface area contributed by atoms with E-state index in [9.17, 15) is 0 Å². The van der Waals surface area contributed by atoms with Gasteiger partial charge in [-0.05, 0) is 61.9 Å². The van der Waals surface area contributed by atoms with E-state index in [1.165, 1.54) is 36.8 Å².